The Morgan fingerprint density at radius 1 is 1.08 bits per heavy atom. The van der Waals surface area contributed by atoms with Crippen LogP contribution < -0.4 is 25.2 Å². The third-order valence-corrected chi connectivity index (χ3v) is 5.63. The maximum atomic E-state index is 13.2. The van der Waals surface area contributed by atoms with Crippen LogP contribution in [0.1, 0.15) is 29.9 Å². The SMILES string of the molecule is CCOc1cc(N2CCOCC2)c(OCC)cc1NC(=O)c1nn(-c2cccc(C)c2)c(=O)cc1O. The van der Waals surface area contributed by atoms with Crippen LogP contribution in [-0.4, -0.2) is 60.3 Å². The number of amides is 1. The van der Waals surface area contributed by atoms with Crippen LogP contribution in [0.4, 0.5) is 11.4 Å². The Morgan fingerprint density at radius 2 is 1.81 bits per heavy atom. The van der Waals surface area contributed by atoms with E-state index >= 15 is 0 Å². The fourth-order valence-corrected chi connectivity index (χ4v) is 3.98. The lowest BCUT2D eigenvalue weighted by Gasteiger charge is -2.31. The standard InChI is InChI=1S/C26H30N4O6/c1-4-35-22-15-20(29-9-11-34-12-10-29)23(36-5-2)14-19(22)27-26(33)25-21(31)16-24(32)30(28-25)18-8-6-7-17(3)13-18/h6-8,13-16,31H,4-5,9-12H2,1-3H3,(H,27,33). The Bertz CT molecular complexity index is 1300. The fraction of sp³-hybridized carbons (Fsp3) is 0.346. The molecule has 1 aliphatic heterocycles. The number of hydrogen-bond donors (Lipinski definition) is 2. The van der Waals surface area contributed by atoms with Crippen LogP contribution in [0.15, 0.2) is 47.3 Å². The normalized spacial score (nSPS) is 13.4. The summed E-state index contributed by atoms with van der Waals surface area (Å²) in [4.78, 5) is 27.9. The van der Waals surface area contributed by atoms with Gasteiger partial charge in [-0.2, -0.15) is 9.78 Å². The lowest BCUT2D eigenvalue weighted by Crippen LogP contribution is -2.36. The van der Waals surface area contributed by atoms with Gasteiger partial charge in [-0.1, -0.05) is 12.1 Å². The molecule has 1 amide bonds. The Balaban J connectivity index is 1.71. The summed E-state index contributed by atoms with van der Waals surface area (Å²) in [5.41, 5.74) is 1.75. The van der Waals surface area contributed by atoms with Crippen molar-refractivity contribution in [3.63, 3.8) is 0 Å². The second-order valence-electron chi connectivity index (χ2n) is 8.20. The molecule has 4 rings (SSSR count). The predicted molar refractivity (Wildman–Crippen MR) is 136 cm³/mol. The molecular formula is C26H30N4O6. The molecule has 10 nitrogen and oxygen atoms in total. The molecule has 3 aromatic rings. The van der Waals surface area contributed by atoms with Gasteiger partial charge in [-0.3, -0.25) is 9.59 Å². The van der Waals surface area contributed by atoms with Gasteiger partial charge in [0.2, 0.25) is 0 Å². The summed E-state index contributed by atoms with van der Waals surface area (Å²) in [7, 11) is 0. The van der Waals surface area contributed by atoms with Gasteiger partial charge in [-0.15, -0.1) is 0 Å². The van der Waals surface area contributed by atoms with Gasteiger partial charge in [-0.25, -0.2) is 0 Å². The number of morpholine rings is 1. The number of ether oxygens (including phenoxy) is 3. The molecule has 1 saturated heterocycles. The van der Waals surface area contributed by atoms with Crippen molar-refractivity contribution >= 4 is 17.3 Å². The number of nitrogens with zero attached hydrogens (tertiary/aromatic N) is 3. The molecular weight excluding hydrogens is 464 g/mol. The van der Waals surface area contributed by atoms with Crippen molar-refractivity contribution < 1.29 is 24.1 Å². The van der Waals surface area contributed by atoms with Gasteiger partial charge >= 0.3 is 0 Å². The number of benzene rings is 2. The summed E-state index contributed by atoms with van der Waals surface area (Å²) in [6, 6.07) is 11.6. The average molecular weight is 495 g/mol. The number of carbonyl (C=O) groups is 1. The fourth-order valence-electron chi connectivity index (χ4n) is 3.98. The molecule has 0 saturated carbocycles. The lowest BCUT2D eigenvalue weighted by molar-refractivity contribution is 0.101. The van der Waals surface area contributed by atoms with E-state index in [-0.39, 0.29) is 5.69 Å². The van der Waals surface area contributed by atoms with Gasteiger partial charge < -0.3 is 29.5 Å². The number of anilines is 2. The Kier molecular flexibility index (Phi) is 7.74. The van der Waals surface area contributed by atoms with E-state index in [9.17, 15) is 14.7 Å². The quantitative estimate of drug-likeness (QED) is 0.491. The number of aromatic hydroxyl groups is 1. The molecule has 190 valence electrons. The molecule has 0 atom stereocenters. The van der Waals surface area contributed by atoms with E-state index in [1.807, 2.05) is 32.9 Å². The van der Waals surface area contributed by atoms with E-state index in [0.717, 1.165) is 22.0 Å². The van der Waals surface area contributed by atoms with Gasteiger partial charge in [0.05, 0.1) is 43.5 Å². The van der Waals surface area contributed by atoms with E-state index in [2.05, 4.69) is 15.3 Å². The van der Waals surface area contributed by atoms with Crippen LogP contribution in [0.25, 0.3) is 5.69 Å². The van der Waals surface area contributed by atoms with E-state index in [4.69, 9.17) is 14.2 Å². The minimum absolute atomic E-state index is 0.297. The number of aromatic nitrogens is 2. The maximum Gasteiger partial charge on any atom is 0.280 e. The van der Waals surface area contributed by atoms with Crippen molar-refractivity contribution in [1.29, 1.82) is 0 Å². The summed E-state index contributed by atoms with van der Waals surface area (Å²) in [6.45, 7) is 9.05. The first kappa shape index (κ1) is 25.1. The predicted octanol–water partition coefficient (Wildman–Crippen LogP) is 3.13. The van der Waals surface area contributed by atoms with E-state index < -0.39 is 17.2 Å². The maximum absolute atomic E-state index is 13.2. The lowest BCUT2D eigenvalue weighted by atomic mass is 10.2. The van der Waals surface area contributed by atoms with Crippen molar-refractivity contribution in [3.05, 3.63) is 64.1 Å². The third kappa shape index (κ3) is 5.44. The second-order valence-corrected chi connectivity index (χ2v) is 8.20. The van der Waals surface area contributed by atoms with Crippen molar-refractivity contribution in [2.75, 3.05) is 49.7 Å². The zero-order valence-corrected chi connectivity index (χ0v) is 20.6. The van der Waals surface area contributed by atoms with E-state index in [1.165, 1.54) is 0 Å². The molecule has 2 aromatic carbocycles. The molecule has 0 aliphatic carbocycles. The van der Waals surface area contributed by atoms with Crippen LogP contribution in [0.5, 0.6) is 17.2 Å². The molecule has 10 heteroatoms. The highest BCUT2D eigenvalue weighted by atomic mass is 16.5. The van der Waals surface area contributed by atoms with E-state index in [1.54, 1.807) is 24.3 Å². The number of nitrogens with one attached hydrogen (secondary N) is 1. The highest BCUT2D eigenvalue weighted by Gasteiger charge is 2.23. The molecule has 0 bridgehead atoms. The van der Waals surface area contributed by atoms with Crippen molar-refractivity contribution in [3.8, 4) is 22.9 Å². The third-order valence-electron chi connectivity index (χ3n) is 5.63. The highest BCUT2D eigenvalue weighted by molar-refractivity contribution is 6.05. The van der Waals surface area contributed by atoms with Crippen molar-refractivity contribution in [1.82, 2.24) is 9.78 Å². The van der Waals surface area contributed by atoms with Crippen LogP contribution in [-0.2, 0) is 4.74 Å². The van der Waals surface area contributed by atoms with Gasteiger partial charge in [0.1, 0.15) is 11.5 Å². The zero-order valence-electron chi connectivity index (χ0n) is 20.6. The topological polar surface area (TPSA) is 115 Å². The van der Waals surface area contributed by atoms with Crippen LogP contribution >= 0.6 is 0 Å². The van der Waals surface area contributed by atoms with Crippen LogP contribution in [0.3, 0.4) is 0 Å². The molecule has 0 spiro atoms. The zero-order chi connectivity index (χ0) is 25.7. The minimum atomic E-state index is -0.698. The largest absolute Gasteiger partial charge is 0.505 e. The Labute approximate surface area is 209 Å². The first-order valence-corrected chi connectivity index (χ1v) is 11.9. The first-order chi connectivity index (χ1) is 17.4. The summed E-state index contributed by atoms with van der Waals surface area (Å²) in [5.74, 6) is -0.187. The molecule has 1 aliphatic rings. The second kappa shape index (κ2) is 11.1. The van der Waals surface area contributed by atoms with Crippen LogP contribution in [0.2, 0.25) is 0 Å². The summed E-state index contributed by atoms with van der Waals surface area (Å²) in [6.07, 6.45) is 0. The van der Waals surface area contributed by atoms with Gasteiger partial charge in [0.15, 0.2) is 11.4 Å². The van der Waals surface area contributed by atoms with Crippen molar-refractivity contribution in [2.24, 2.45) is 0 Å². The van der Waals surface area contributed by atoms with E-state index in [0.29, 0.717) is 62.4 Å². The number of carbonyl (C=O) groups excluding carboxylic acids is 1. The van der Waals surface area contributed by atoms with Crippen LogP contribution in [0, 0.1) is 6.92 Å². The number of aryl methyl sites for hydroxylation is 1. The molecule has 1 aromatic heterocycles. The Hall–Kier alpha value is -4.05. The number of hydrogen-bond acceptors (Lipinski definition) is 8. The Morgan fingerprint density at radius 3 is 2.50 bits per heavy atom. The smallest absolute Gasteiger partial charge is 0.280 e. The molecule has 0 unspecified atom stereocenters. The average Bonchev–Trinajstić information content (AvgIpc) is 2.86. The molecule has 0 radical (unpaired) electrons. The van der Waals surface area contributed by atoms with Gasteiger partial charge in [0, 0.05) is 31.3 Å². The van der Waals surface area contributed by atoms with Gasteiger partial charge in [0.25, 0.3) is 11.5 Å². The molecule has 2 N–H and O–H groups in total. The highest BCUT2D eigenvalue weighted by Crippen LogP contribution is 2.39. The molecule has 1 fully saturated rings. The van der Waals surface area contributed by atoms with Gasteiger partial charge in [-0.05, 0) is 38.5 Å². The molecule has 36 heavy (non-hydrogen) atoms. The minimum Gasteiger partial charge on any atom is -0.505 e. The monoisotopic (exact) mass is 494 g/mol. The summed E-state index contributed by atoms with van der Waals surface area (Å²) >= 11 is 0. The number of rotatable bonds is 8. The summed E-state index contributed by atoms with van der Waals surface area (Å²) in [5, 5.41) is 17.3. The van der Waals surface area contributed by atoms with Crippen molar-refractivity contribution in [2.45, 2.75) is 20.8 Å². The first-order valence-electron chi connectivity index (χ1n) is 11.9. The molecule has 2 heterocycles. The summed E-state index contributed by atoms with van der Waals surface area (Å²) < 4.78 is 18.3.